The summed E-state index contributed by atoms with van der Waals surface area (Å²) in [6.07, 6.45) is 0. The van der Waals surface area contributed by atoms with E-state index < -0.39 is 0 Å². The van der Waals surface area contributed by atoms with Crippen LogP contribution in [0, 0.1) is 6.92 Å². The topological polar surface area (TPSA) is 59.6 Å². The van der Waals surface area contributed by atoms with Gasteiger partial charge < -0.3 is 20.1 Å². The molecule has 0 heterocycles. The molecule has 1 rings (SSSR count). The zero-order valence-corrected chi connectivity index (χ0v) is 12.5. The molecule has 0 bridgehead atoms. The largest absolute Gasteiger partial charge is 0.494 e. The summed E-state index contributed by atoms with van der Waals surface area (Å²) in [5.74, 6) is 0.796. The fourth-order valence-corrected chi connectivity index (χ4v) is 1.73. The van der Waals surface area contributed by atoms with Crippen molar-refractivity contribution in [3.8, 4) is 5.75 Å². The highest BCUT2D eigenvalue weighted by molar-refractivity contribution is 5.78. The van der Waals surface area contributed by atoms with Gasteiger partial charge in [0.2, 0.25) is 5.91 Å². The Bertz CT molecular complexity index is 422. The Morgan fingerprint density at radius 3 is 2.85 bits per heavy atom. The zero-order valence-electron chi connectivity index (χ0n) is 12.5. The predicted molar refractivity (Wildman–Crippen MR) is 78.9 cm³/mol. The summed E-state index contributed by atoms with van der Waals surface area (Å²) in [7, 11) is 1.63. The van der Waals surface area contributed by atoms with E-state index in [1.165, 1.54) is 0 Å². The summed E-state index contributed by atoms with van der Waals surface area (Å²) in [6.45, 7) is 6.61. The maximum atomic E-state index is 11.7. The molecular weight excluding hydrogens is 256 g/mol. The van der Waals surface area contributed by atoms with E-state index in [-0.39, 0.29) is 5.91 Å². The number of amides is 1. The molecule has 0 radical (unpaired) electrons. The van der Waals surface area contributed by atoms with Gasteiger partial charge in [-0.05, 0) is 25.5 Å². The molecule has 1 aromatic carbocycles. The third kappa shape index (κ3) is 6.04. The Labute approximate surface area is 120 Å². The van der Waals surface area contributed by atoms with E-state index in [2.05, 4.69) is 10.6 Å². The highest BCUT2D eigenvalue weighted by atomic mass is 16.5. The number of benzene rings is 1. The lowest BCUT2D eigenvalue weighted by Crippen LogP contribution is -2.34. The molecule has 112 valence electrons. The van der Waals surface area contributed by atoms with Crippen molar-refractivity contribution in [3.05, 3.63) is 29.3 Å². The summed E-state index contributed by atoms with van der Waals surface area (Å²) in [5, 5.41) is 5.87. The van der Waals surface area contributed by atoms with Crippen molar-refractivity contribution in [2.24, 2.45) is 0 Å². The number of nitrogens with one attached hydrogen (secondary N) is 2. The second-order valence-corrected chi connectivity index (χ2v) is 4.49. The molecular formula is C15H24N2O3. The number of aryl methyl sites for hydroxylation is 1. The van der Waals surface area contributed by atoms with Crippen molar-refractivity contribution in [3.63, 3.8) is 0 Å². The molecule has 0 unspecified atom stereocenters. The average molecular weight is 280 g/mol. The molecule has 0 aliphatic rings. The Hall–Kier alpha value is -1.59. The van der Waals surface area contributed by atoms with Crippen LogP contribution in [0.25, 0.3) is 0 Å². The smallest absolute Gasteiger partial charge is 0.234 e. The monoisotopic (exact) mass is 280 g/mol. The van der Waals surface area contributed by atoms with Crippen LogP contribution in [0.4, 0.5) is 0 Å². The molecule has 20 heavy (non-hydrogen) atoms. The first-order chi connectivity index (χ1) is 9.67. The van der Waals surface area contributed by atoms with E-state index in [0.717, 1.165) is 16.9 Å². The Morgan fingerprint density at radius 2 is 2.15 bits per heavy atom. The SMILES string of the molecule is CCOc1cc(C)ccc1CNC(=O)CNCCOC. The summed E-state index contributed by atoms with van der Waals surface area (Å²) in [5.41, 5.74) is 2.13. The van der Waals surface area contributed by atoms with Gasteiger partial charge in [-0.2, -0.15) is 0 Å². The van der Waals surface area contributed by atoms with Gasteiger partial charge in [0.05, 0.1) is 19.8 Å². The third-order valence-corrected chi connectivity index (χ3v) is 2.77. The van der Waals surface area contributed by atoms with Crippen molar-refractivity contribution >= 4 is 5.91 Å². The summed E-state index contributed by atoms with van der Waals surface area (Å²) >= 11 is 0. The highest BCUT2D eigenvalue weighted by Gasteiger charge is 2.06. The normalized spacial score (nSPS) is 10.3. The quantitative estimate of drug-likeness (QED) is 0.668. The van der Waals surface area contributed by atoms with Crippen molar-refractivity contribution in [2.75, 3.05) is 33.4 Å². The fraction of sp³-hybridized carbons (Fsp3) is 0.533. The Kier molecular flexibility index (Phi) is 7.69. The maximum absolute atomic E-state index is 11.7. The van der Waals surface area contributed by atoms with E-state index in [0.29, 0.717) is 32.8 Å². The van der Waals surface area contributed by atoms with Gasteiger partial charge in [0, 0.05) is 25.8 Å². The molecule has 1 amide bonds. The fourth-order valence-electron chi connectivity index (χ4n) is 1.73. The van der Waals surface area contributed by atoms with Gasteiger partial charge in [0.1, 0.15) is 5.75 Å². The Morgan fingerprint density at radius 1 is 1.35 bits per heavy atom. The van der Waals surface area contributed by atoms with Crippen LogP contribution < -0.4 is 15.4 Å². The number of hydrogen-bond donors (Lipinski definition) is 2. The van der Waals surface area contributed by atoms with Gasteiger partial charge in [-0.3, -0.25) is 4.79 Å². The van der Waals surface area contributed by atoms with Gasteiger partial charge in [0.25, 0.3) is 0 Å². The van der Waals surface area contributed by atoms with Gasteiger partial charge in [-0.1, -0.05) is 12.1 Å². The van der Waals surface area contributed by atoms with E-state index in [1.54, 1.807) is 7.11 Å². The minimum Gasteiger partial charge on any atom is -0.494 e. The molecule has 0 aliphatic carbocycles. The van der Waals surface area contributed by atoms with Crippen LogP contribution in [-0.2, 0) is 16.1 Å². The average Bonchev–Trinajstić information content (AvgIpc) is 2.43. The molecule has 0 atom stereocenters. The predicted octanol–water partition coefficient (Wildman–Crippen LogP) is 1.25. The van der Waals surface area contributed by atoms with Crippen molar-refractivity contribution < 1.29 is 14.3 Å². The van der Waals surface area contributed by atoms with Crippen LogP contribution in [0.3, 0.4) is 0 Å². The van der Waals surface area contributed by atoms with E-state index in [4.69, 9.17) is 9.47 Å². The van der Waals surface area contributed by atoms with Crippen LogP contribution >= 0.6 is 0 Å². The van der Waals surface area contributed by atoms with Gasteiger partial charge in [-0.25, -0.2) is 0 Å². The van der Waals surface area contributed by atoms with Crippen molar-refractivity contribution in [1.82, 2.24) is 10.6 Å². The number of methoxy groups -OCH3 is 1. The summed E-state index contributed by atoms with van der Waals surface area (Å²) in [6, 6.07) is 5.99. The lowest BCUT2D eigenvalue weighted by molar-refractivity contribution is -0.120. The molecule has 1 aromatic rings. The minimum absolute atomic E-state index is 0.0378. The number of carbonyl (C=O) groups is 1. The van der Waals surface area contributed by atoms with Gasteiger partial charge in [-0.15, -0.1) is 0 Å². The molecule has 0 saturated carbocycles. The first-order valence-corrected chi connectivity index (χ1v) is 6.86. The Balaban J connectivity index is 2.42. The van der Waals surface area contributed by atoms with E-state index in [9.17, 15) is 4.79 Å². The third-order valence-electron chi connectivity index (χ3n) is 2.77. The lowest BCUT2D eigenvalue weighted by atomic mass is 10.1. The van der Waals surface area contributed by atoms with Crippen LogP contribution in [0.5, 0.6) is 5.75 Å². The lowest BCUT2D eigenvalue weighted by Gasteiger charge is -2.12. The van der Waals surface area contributed by atoms with Crippen LogP contribution in [-0.4, -0.2) is 39.3 Å². The standard InChI is InChI=1S/C15H24N2O3/c1-4-20-14-9-12(2)5-6-13(14)10-17-15(18)11-16-7-8-19-3/h5-6,9,16H,4,7-8,10-11H2,1-3H3,(H,17,18). The second-order valence-electron chi connectivity index (χ2n) is 4.49. The number of hydrogen-bond acceptors (Lipinski definition) is 4. The summed E-state index contributed by atoms with van der Waals surface area (Å²) in [4.78, 5) is 11.7. The van der Waals surface area contributed by atoms with Crippen LogP contribution in [0.1, 0.15) is 18.1 Å². The molecule has 0 fully saturated rings. The molecule has 0 saturated heterocycles. The van der Waals surface area contributed by atoms with Crippen molar-refractivity contribution in [2.45, 2.75) is 20.4 Å². The van der Waals surface area contributed by atoms with Gasteiger partial charge >= 0.3 is 0 Å². The van der Waals surface area contributed by atoms with Crippen LogP contribution in [0.15, 0.2) is 18.2 Å². The number of rotatable bonds is 9. The first-order valence-electron chi connectivity index (χ1n) is 6.86. The van der Waals surface area contributed by atoms with Gasteiger partial charge in [0.15, 0.2) is 0 Å². The highest BCUT2D eigenvalue weighted by Crippen LogP contribution is 2.20. The van der Waals surface area contributed by atoms with E-state index >= 15 is 0 Å². The molecule has 5 heteroatoms. The van der Waals surface area contributed by atoms with Crippen LogP contribution in [0.2, 0.25) is 0 Å². The molecule has 2 N–H and O–H groups in total. The van der Waals surface area contributed by atoms with Crippen molar-refractivity contribution in [1.29, 1.82) is 0 Å². The van der Waals surface area contributed by atoms with E-state index in [1.807, 2.05) is 32.0 Å². The zero-order chi connectivity index (χ0) is 14.8. The first kappa shape index (κ1) is 16.5. The molecule has 5 nitrogen and oxygen atoms in total. The molecule has 0 aliphatic heterocycles. The molecule has 0 aromatic heterocycles. The maximum Gasteiger partial charge on any atom is 0.234 e. The second kappa shape index (κ2) is 9.34. The molecule has 0 spiro atoms. The summed E-state index contributed by atoms with van der Waals surface area (Å²) < 4.78 is 10.5. The minimum atomic E-state index is -0.0378. The number of ether oxygens (including phenoxy) is 2. The number of carbonyl (C=O) groups excluding carboxylic acids is 1.